The Kier molecular flexibility index (Phi) is 3.72. The van der Waals surface area contributed by atoms with E-state index in [0.717, 1.165) is 22.6 Å². The van der Waals surface area contributed by atoms with Crippen LogP contribution in [0.1, 0.15) is 17.5 Å². The van der Waals surface area contributed by atoms with Gasteiger partial charge in [-0.05, 0) is 30.2 Å². The summed E-state index contributed by atoms with van der Waals surface area (Å²) in [5, 5.41) is 0. The third-order valence-corrected chi connectivity index (χ3v) is 3.02. The Morgan fingerprint density at radius 3 is 2.72 bits per heavy atom. The number of nitrogens with two attached hydrogens (primary N) is 1. The van der Waals surface area contributed by atoms with Crippen molar-refractivity contribution in [2.24, 2.45) is 5.73 Å². The maximum atomic E-state index is 11.7. The average Bonchev–Trinajstić information content (AvgIpc) is 2.76. The number of benzene rings is 1. The Balaban J connectivity index is 2.12. The lowest BCUT2D eigenvalue weighted by atomic mass is 10.1. The molecule has 1 amide bonds. The first kappa shape index (κ1) is 12.7. The van der Waals surface area contributed by atoms with Gasteiger partial charge < -0.3 is 20.1 Å². The first-order valence-corrected chi connectivity index (χ1v) is 5.95. The number of nitrogens with zero attached hydrogens (tertiary/aromatic N) is 1. The van der Waals surface area contributed by atoms with E-state index in [1.165, 1.54) is 0 Å². The molecule has 98 valence electrons. The quantitative estimate of drug-likeness (QED) is 0.867. The van der Waals surface area contributed by atoms with Gasteiger partial charge >= 0.3 is 0 Å². The smallest absolute Gasteiger partial charge is 0.231 e. The molecule has 5 heteroatoms. The predicted octanol–water partition coefficient (Wildman–Crippen LogP) is 1.03. The van der Waals surface area contributed by atoms with Gasteiger partial charge in [-0.25, -0.2) is 0 Å². The van der Waals surface area contributed by atoms with E-state index in [-0.39, 0.29) is 12.7 Å². The second kappa shape index (κ2) is 5.27. The summed E-state index contributed by atoms with van der Waals surface area (Å²) < 4.78 is 10.6. The van der Waals surface area contributed by atoms with Crippen molar-refractivity contribution in [3.8, 4) is 11.5 Å². The fourth-order valence-corrected chi connectivity index (χ4v) is 1.91. The van der Waals surface area contributed by atoms with E-state index in [4.69, 9.17) is 15.2 Å². The highest BCUT2D eigenvalue weighted by molar-refractivity contribution is 5.76. The highest BCUT2D eigenvalue weighted by Crippen LogP contribution is 2.34. The van der Waals surface area contributed by atoms with Crippen molar-refractivity contribution in [2.75, 3.05) is 20.4 Å². The molecule has 0 radical (unpaired) electrons. The van der Waals surface area contributed by atoms with Crippen molar-refractivity contribution in [1.82, 2.24) is 4.90 Å². The molecule has 2 rings (SSSR count). The van der Waals surface area contributed by atoms with E-state index in [1.807, 2.05) is 19.1 Å². The van der Waals surface area contributed by atoms with E-state index in [9.17, 15) is 4.79 Å². The molecule has 1 aliphatic rings. The highest BCUT2D eigenvalue weighted by Gasteiger charge is 2.17. The van der Waals surface area contributed by atoms with Gasteiger partial charge in [0.1, 0.15) is 0 Å². The minimum Gasteiger partial charge on any atom is -0.454 e. The van der Waals surface area contributed by atoms with Crippen molar-refractivity contribution in [3.63, 3.8) is 0 Å². The molecule has 0 unspecified atom stereocenters. The van der Waals surface area contributed by atoms with Gasteiger partial charge in [0.2, 0.25) is 12.7 Å². The van der Waals surface area contributed by atoms with Crippen molar-refractivity contribution >= 4 is 5.91 Å². The normalized spacial score (nSPS) is 12.6. The summed E-state index contributed by atoms with van der Waals surface area (Å²) >= 11 is 0. The molecule has 1 aromatic carbocycles. The van der Waals surface area contributed by atoms with Crippen LogP contribution in [0.3, 0.4) is 0 Å². The summed E-state index contributed by atoms with van der Waals surface area (Å²) in [5.41, 5.74) is 7.53. The molecule has 0 atom stereocenters. The summed E-state index contributed by atoms with van der Waals surface area (Å²) in [6.45, 7) is 3.20. The maximum Gasteiger partial charge on any atom is 0.231 e. The van der Waals surface area contributed by atoms with Gasteiger partial charge in [0.25, 0.3) is 0 Å². The molecule has 0 aromatic heterocycles. The van der Waals surface area contributed by atoms with Crippen LogP contribution in [0.15, 0.2) is 12.1 Å². The number of carbonyl (C=O) groups is 1. The molecule has 1 aromatic rings. The SMILES string of the molecule is Cc1cc2c(cc1CN(C)C(=O)CCN)OCO2. The number of aryl methyl sites for hydroxylation is 1. The van der Waals surface area contributed by atoms with Gasteiger partial charge in [-0.1, -0.05) is 0 Å². The van der Waals surface area contributed by atoms with Gasteiger partial charge in [-0.15, -0.1) is 0 Å². The minimum atomic E-state index is 0.0505. The van der Waals surface area contributed by atoms with E-state index in [1.54, 1.807) is 11.9 Å². The molecule has 2 N–H and O–H groups in total. The number of hydrogen-bond donors (Lipinski definition) is 1. The first-order valence-electron chi connectivity index (χ1n) is 5.95. The lowest BCUT2D eigenvalue weighted by molar-refractivity contribution is -0.130. The van der Waals surface area contributed by atoms with Crippen LogP contribution in [0.25, 0.3) is 0 Å². The van der Waals surface area contributed by atoms with Gasteiger partial charge in [-0.2, -0.15) is 0 Å². The van der Waals surface area contributed by atoms with Crippen LogP contribution in [-0.2, 0) is 11.3 Å². The zero-order valence-electron chi connectivity index (χ0n) is 10.7. The minimum absolute atomic E-state index is 0.0505. The maximum absolute atomic E-state index is 11.7. The van der Waals surface area contributed by atoms with Crippen LogP contribution in [0, 0.1) is 6.92 Å². The summed E-state index contributed by atoms with van der Waals surface area (Å²) in [7, 11) is 1.78. The third-order valence-electron chi connectivity index (χ3n) is 3.02. The molecule has 18 heavy (non-hydrogen) atoms. The highest BCUT2D eigenvalue weighted by atomic mass is 16.7. The van der Waals surface area contributed by atoms with Crippen LogP contribution in [-0.4, -0.2) is 31.2 Å². The monoisotopic (exact) mass is 250 g/mol. The molecule has 0 fully saturated rings. The first-order chi connectivity index (χ1) is 8.61. The zero-order chi connectivity index (χ0) is 13.1. The van der Waals surface area contributed by atoms with Gasteiger partial charge in [0.15, 0.2) is 11.5 Å². The van der Waals surface area contributed by atoms with Crippen LogP contribution < -0.4 is 15.2 Å². The molecular formula is C13H18N2O3. The molecule has 0 aliphatic carbocycles. The molecule has 0 saturated heterocycles. The van der Waals surface area contributed by atoms with Crippen LogP contribution in [0.2, 0.25) is 0 Å². The fourth-order valence-electron chi connectivity index (χ4n) is 1.91. The summed E-state index contributed by atoms with van der Waals surface area (Å²) in [6, 6.07) is 3.88. The van der Waals surface area contributed by atoms with E-state index >= 15 is 0 Å². The molecule has 5 nitrogen and oxygen atoms in total. The van der Waals surface area contributed by atoms with Crippen molar-refractivity contribution in [2.45, 2.75) is 19.9 Å². The van der Waals surface area contributed by atoms with Crippen molar-refractivity contribution in [1.29, 1.82) is 0 Å². The largest absolute Gasteiger partial charge is 0.454 e. The Hall–Kier alpha value is -1.75. The molecule has 0 bridgehead atoms. The summed E-state index contributed by atoms with van der Waals surface area (Å²) in [6.07, 6.45) is 0.375. The standard InChI is InChI=1S/C13H18N2O3/c1-9-5-11-12(18-8-17-11)6-10(9)7-15(2)13(16)3-4-14/h5-6H,3-4,7-8,14H2,1-2H3. The molecule has 0 saturated carbocycles. The number of amides is 1. The van der Waals surface area contributed by atoms with E-state index in [2.05, 4.69) is 0 Å². The predicted molar refractivity (Wildman–Crippen MR) is 67.4 cm³/mol. The third kappa shape index (κ3) is 2.56. The molecule has 1 heterocycles. The Morgan fingerprint density at radius 1 is 1.39 bits per heavy atom. The van der Waals surface area contributed by atoms with Gasteiger partial charge in [-0.3, -0.25) is 4.79 Å². The van der Waals surface area contributed by atoms with Crippen molar-refractivity contribution < 1.29 is 14.3 Å². The zero-order valence-corrected chi connectivity index (χ0v) is 10.7. The molecule has 0 spiro atoms. The Morgan fingerprint density at radius 2 is 2.06 bits per heavy atom. The average molecular weight is 250 g/mol. The van der Waals surface area contributed by atoms with E-state index < -0.39 is 0 Å². The van der Waals surface area contributed by atoms with Crippen LogP contribution >= 0.6 is 0 Å². The summed E-state index contributed by atoms with van der Waals surface area (Å²) in [5.74, 6) is 1.57. The lowest BCUT2D eigenvalue weighted by Gasteiger charge is -2.18. The topological polar surface area (TPSA) is 64.8 Å². The molecule has 1 aliphatic heterocycles. The second-order valence-corrected chi connectivity index (χ2v) is 4.42. The Bertz CT molecular complexity index is 460. The molecular weight excluding hydrogens is 232 g/mol. The number of fused-ring (bicyclic) bond motifs is 1. The van der Waals surface area contributed by atoms with Gasteiger partial charge in [0, 0.05) is 26.6 Å². The lowest BCUT2D eigenvalue weighted by Crippen LogP contribution is -2.28. The second-order valence-electron chi connectivity index (χ2n) is 4.42. The van der Waals surface area contributed by atoms with Crippen molar-refractivity contribution in [3.05, 3.63) is 23.3 Å². The van der Waals surface area contributed by atoms with E-state index in [0.29, 0.717) is 19.5 Å². The number of rotatable bonds is 4. The van der Waals surface area contributed by atoms with Crippen LogP contribution in [0.5, 0.6) is 11.5 Å². The van der Waals surface area contributed by atoms with Crippen LogP contribution in [0.4, 0.5) is 0 Å². The van der Waals surface area contributed by atoms with Gasteiger partial charge in [0.05, 0.1) is 0 Å². The number of hydrogen-bond acceptors (Lipinski definition) is 4. The Labute approximate surface area is 106 Å². The summed E-state index contributed by atoms with van der Waals surface area (Å²) in [4.78, 5) is 13.4. The fraction of sp³-hybridized carbons (Fsp3) is 0.462. The number of carbonyl (C=O) groups excluding carboxylic acids is 1. The number of ether oxygens (including phenoxy) is 2.